The Hall–Kier alpha value is -2.41. The molecule has 7 nitrogen and oxygen atoms in total. The molecule has 0 aliphatic carbocycles. The molecular weight excluding hydrogens is 516 g/mol. The fraction of sp³-hybridized carbons (Fsp3) is 0.409. The van der Waals surface area contributed by atoms with Crippen molar-refractivity contribution in [3.63, 3.8) is 0 Å². The van der Waals surface area contributed by atoms with Gasteiger partial charge < -0.3 is 9.64 Å². The highest BCUT2D eigenvalue weighted by Crippen LogP contribution is 2.37. The van der Waals surface area contributed by atoms with Crippen molar-refractivity contribution in [1.29, 1.82) is 0 Å². The molecular formula is C22H25ClF4N2O5S. The molecule has 0 atom stereocenters. The van der Waals surface area contributed by atoms with E-state index in [0.717, 1.165) is 12.1 Å². The van der Waals surface area contributed by atoms with Gasteiger partial charge in [0.1, 0.15) is 5.75 Å². The van der Waals surface area contributed by atoms with Crippen molar-refractivity contribution in [3.8, 4) is 16.9 Å². The minimum absolute atomic E-state index is 0. The molecule has 13 heteroatoms. The normalized spacial score (nSPS) is 16.4. The number of likely N-dealkylation sites (tertiary alicyclic amines) is 1. The number of nitrogens with zero attached hydrogens (tertiary/aromatic N) is 1. The maximum atomic E-state index is 13.4. The molecule has 35 heavy (non-hydrogen) atoms. The topological polar surface area (TPSA) is 95.9 Å². The van der Waals surface area contributed by atoms with Crippen LogP contribution in [0.15, 0.2) is 53.4 Å². The monoisotopic (exact) mass is 540 g/mol. The van der Waals surface area contributed by atoms with Gasteiger partial charge in [-0.2, -0.15) is 17.6 Å². The van der Waals surface area contributed by atoms with Crippen LogP contribution in [0.5, 0.6) is 5.75 Å². The lowest BCUT2D eigenvalue weighted by Crippen LogP contribution is -2.57. The molecule has 1 aliphatic rings. The van der Waals surface area contributed by atoms with E-state index in [0.29, 0.717) is 30.8 Å². The third-order valence-corrected chi connectivity index (χ3v) is 8.52. The van der Waals surface area contributed by atoms with E-state index < -0.39 is 38.8 Å². The number of nitrogens with one attached hydrogen (secondary N) is 1. The van der Waals surface area contributed by atoms with Crippen molar-refractivity contribution < 1.29 is 40.7 Å². The summed E-state index contributed by atoms with van der Waals surface area (Å²) in [6.07, 6.45) is -8.57. The lowest BCUT2D eigenvalue weighted by Gasteiger charge is -2.39. The van der Waals surface area contributed by atoms with Crippen LogP contribution < -0.4 is 10.2 Å². The molecule has 0 aromatic heterocycles. The minimum Gasteiger partial charge on any atom is -0.428 e. The fourth-order valence-corrected chi connectivity index (χ4v) is 5.87. The van der Waals surface area contributed by atoms with Gasteiger partial charge in [0.05, 0.1) is 4.90 Å². The zero-order valence-electron chi connectivity index (χ0n) is 18.6. The van der Waals surface area contributed by atoms with Crippen LogP contribution in [0.3, 0.4) is 0 Å². The molecule has 0 bridgehead atoms. The molecule has 2 aromatic carbocycles. The van der Waals surface area contributed by atoms with E-state index >= 15 is 0 Å². The van der Waals surface area contributed by atoms with E-state index in [1.807, 2.05) is 11.8 Å². The Bertz CT molecular complexity index is 1110. The number of amides is 1. The Balaban J connectivity index is 0.00000432. The average Bonchev–Trinajstić information content (AvgIpc) is 2.83. The number of halogens is 5. The second kappa shape index (κ2) is 11.1. The minimum atomic E-state index is -4.62. The summed E-state index contributed by atoms with van der Waals surface area (Å²) in [6, 6.07) is 10.5. The first kappa shape index (κ1) is 28.8. The molecule has 0 radical (unpaired) electrons. The smallest absolute Gasteiger partial charge is 0.428 e. The highest BCUT2D eigenvalue weighted by molar-refractivity contribution is 7.93. The fourth-order valence-electron chi connectivity index (χ4n) is 3.92. The van der Waals surface area contributed by atoms with Crippen molar-refractivity contribution in [2.75, 3.05) is 19.6 Å². The van der Waals surface area contributed by atoms with Crippen LogP contribution >= 0.6 is 12.4 Å². The van der Waals surface area contributed by atoms with E-state index in [9.17, 15) is 36.0 Å². The number of rotatable bonds is 8. The van der Waals surface area contributed by atoms with Gasteiger partial charge >= 0.3 is 12.5 Å². The third kappa shape index (κ3) is 5.71. The number of ether oxygens (including phenoxy) is 1. The standard InChI is InChI=1S/C22H24F4N2O5S.ClH/c1-2-28-13-11-21(12-14-28,20(29)27-30)34(31,32)18-9-5-16(6-10-18)15-3-7-17(8-4-15)33-22(25,26)19(23)24;/h3-10,19,30H,2,11-14H2,1H3,(H,27,29);1H. The number of sulfone groups is 1. The van der Waals surface area contributed by atoms with Gasteiger partial charge in [0.15, 0.2) is 14.6 Å². The summed E-state index contributed by atoms with van der Waals surface area (Å²) in [7, 11) is -4.17. The number of alkyl halides is 4. The molecule has 1 saturated heterocycles. The quantitative estimate of drug-likeness (QED) is 0.297. The van der Waals surface area contributed by atoms with Crippen molar-refractivity contribution in [3.05, 3.63) is 48.5 Å². The van der Waals surface area contributed by atoms with Crippen LogP contribution in [-0.2, 0) is 14.6 Å². The molecule has 194 valence electrons. The van der Waals surface area contributed by atoms with Gasteiger partial charge in [-0.05, 0) is 54.8 Å². The van der Waals surface area contributed by atoms with Gasteiger partial charge in [0.25, 0.3) is 5.91 Å². The molecule has 1 aliphatic heterocycles. The first-order valence-corrected chi connectivity index (χ1v) is 11.9. The summed E-state index contributed by atoms with van der Waals surface area (Å²) >= 11 is 0. The van der Waals surface area contributed by atoms with Crippen LogP contribution in [-0.4, -0.2) is 61.3 Å². The molecule has 0 unspecified atom stereocenters. The van der Waals surface area contributed by atoms with Crippen LogP contribution in [0.1, 0.15) is 19.8 Å². The first-order chi connectivity index (χ1) is 16.0. The number of hydrogen-bond donors (Lipinski definition) is 2. The maximum Gasteiger partial charge on any atom is 0.461 e. The van der Waals surface area contributed by atoms with E-state index in [4.69, 9.17) is 0 Å². The van der Waals surface area contributed by atoms with Crippen LogP contribution in [0.4, 0.5) is 17.6 Å². The SMILES string of the molecule is CCN1CCC(C(=O)NO)(S(=O)(=O)c2ccc(-c3ccc(OC(F)(F)C(F)F)cc3)cc2)CC1.Cl. The molecule has 3 rings (SSSR count). The molecule has 1 fully saturated rings. The number of benzene rings is 2. The van der Waals surface area contributed by atoms with E-state index in [1.165, 1.54) is 41.9 Å². The van der Waals surface area contributed by atoms with Crippen LogP contribution in [0.2, 0.25) is 0 Å². The van der Waals surface area contributed by atoms with Crippen molar-refractivity contribution in [1.82, 2.24) is 10.4 Å². The van der Waals surface area contributed by atoms with Gasteiger partial charge in [0.2, 0.25) is 0 Å². The summed E-state index contributed by atoms with van der Waals surface area (Å²) in [5.41, 5.74) is 2.52. The average molecular weight is 541 g/mol. The Labute approximate surface area is 206 Å². The Morgan fingerprint density at radius 3 is 2.00 bits per heavy atom. The molecule has 0 spiro atoms. The van der Waals surface area contributed by atoms with Gasteiger partial charge in [-0.1, -0.05) is 31.2 Å². The van der Waals surface area contributed by atoms with E-state index in [-0.39, 0.29) is 30.1 Å². The van der Waals surface area contributed by atoms with Gasteiger partial charge in [-0.15, -0.1) is 12.4 Å². The molecule has 2 N–H and O–H groups in total. The summed E-state index contributed by atoms with van der Waals surface area (Å²) in [4.78, 5) is 14.4. The van der Waals surface area contributed by atoms with Crippen LogP contribution in [0.25, 0.3) is 11.1 Å². The highest BCUT2D eigenvalue weighted by Gasteiger charge is 2.52. The molecule has 1 heterocycles. The maximum absolute atomic E-state index is 13.4. The molecule has 1 amide bonds. The first-order valence-electron chi connectivity index (χ1n) is 10.4. The second-order valence-electron chi connectivity index (χ2n) is 7.89. The number of hydrogen-bond acceptors (Lipinski definition) is 6. The predicted octanol–water partition coefficient (Wildman–Crippen LogP) is 4.15. The van der Waals surface area contributed by atoms with Crippen molar-refractivity contribution in [2.45, 2.75) is 41.9 Å². The van der Waals surface area contributed by atoms with Gasteiger partial charge in [0, 0.05) is 13.1 Å². The third-order valence-electron chi connectivity index (χ3n) is 6.00. The zero-order valence-corrected chi connectivity index (χ0v) is 20.2. The van der Waals surface area contributed by atoms with Crippen molar-refractivity contribution in [2.24, 2.45) is 0 Å². The molecule has 0 saturated carbocycles. The van der Waals surface area contributed by atoms with Crippen molar-refractivity contribution >= 4 is 28.2 Å². The van der Waals surface area contributed by atoms with Gasteiger partial charge in [-0.25, -0.2) is 13.9 Å². The Morgan fingerprint density at radius 2 is 1.57 bits per heavy atom. The lowest BCUT2D eigenvalue weighted by atomic mass is 9.95. The Morgan fingerprint density at radius 1 is 1.09 bits per heavy atom. The summed E-state index contributed by atoms with van der Waals surface area (Å²) < 4.78 is 79.8. The largest absolute Gasteiger partial charge is 0.461 e. The molecule has 2 aromatic rings. The zero-order chi connectivity index (χ0) is 25.1. The summed E-state index contributed by atoms with van der Waals surface area (Å²) in [6.45, 7) is 3.38. The lowest BCUT2D eigenvalue weighted by molar-refractivity contribution is -0.253. The number of carbonyl (C=O) groups excluding carboxylic acids is 1. The second-order valence-corrected chi connectivity index (χ2v) is 10.1. The predicted molar refractivity (Wildman–Crippen MR) is 122 cm³/mol. The number of carbonyl (C=O) groups is 1. The number of hydroxylamine groups is 1. The number of piperidine rings is 1. The summed E-state index contributed by atoms with van der Waals surface area (Å²) in [5.74, 6) is -1.44. The Kier molecular flexibility index (Phi) is 9.15. The van der Waals surface area contributed by atoms with E-state index in [1.54, 1.807) is 0 Å². The van der Waals surface area contributed by atoms with Crippen LogP contribution in [0, 0.1) is 0 Å². The highest BCUT2D eigenvalue weighted by atomic mass is 35.5. The van der Waals surface area contributed by atoms with E-state index in [2.05, 4.69) is 4.74 Å². The summed E-state index contributed by atoms with van der Waals surface area (Å²) in [5, 5.41) is 9.23. The van der Waals surface area contributed by atoms with Gasteiger partial charge in [-0.3, -0.25) is 10.0 Å².